The van der Waals surface area contributed by atoms with Crippen LogP contribution < -0.4 is 5.32 Å². The maximum Gasteiger partial charge on any atom is 0.284 e. The zero-order valence-corrected chi connectivity index (χ0v) is 16.5. The van der Waals surface area contributed by atoms with E-state index in [9.17, 15) is 14.9 Å². The number of nitro groups is 1. The van der Waals surface area contributed by atoms with Crippen LogP contribution in [0.25, 0.3) is 0 Å². The number of aromatic nitrogens is 3. The molecule has 2 aromatic carbocycles. The van der Waals surface area contributed by atoms with E-state index in [1.165, 1.54) is 12.4 Å². The van der Waals surface area contributed by atoms with Crippen LogP contribution in [-0.2, 0) is 13.6 Å². The van der Waals surface area contributed by atoms with Gasteiger partial charge in [0.25, 0.3) is 11.6 Å². The molecule has 138 valence electrons. The third kappa shape index (κ3) is 4.72. The Kier molecular flexibility index (Phi) is 5.87. The van der Waals surface area contributed by atoms with Crippen LogP contribution in [0.15, 0.2) is 63.3 Å². The summed E-state index contributed by atoms with van der Waals surface area (Å²) in [5.74, 6) is -0.381. The van der Waals surface area contributed by atoms with E-state index in [0.717, 1.165) is 21.8 Å². The van der Waals surface area contributed by atoms with Gasteiger partial charge in [-0.2, -0.15) is 0 Å². The molecule has 1 aromatic heterocycles. The van der Waals surface area contributed by atoms with Crippen molar-refractivity contribution < 1.29 is 9.72 Å². The molecule has 3 aromatic rings. The zero-order chi connectivity index (χ0) is 19.4. The van der Waals surface area contributed by atoms with E-state index in [4.69, 9.17) is 0 Å². The first-order chi connectivity index (χ1) is 12.9. The molecule has 10 heteroatoms. The Morgan fingerprint density at radius 3 is 2.81 bits per heavy atom. The van der Waals surface area contributed by atoms with Crippen LogP contribution in [-0.4, -0.2) is 25.6 Å². The number of carbonyl (C=O) groups excluding carboxylic acids is 1. The Hall–Kier alpha value is -2.72. The van der Waals surface area contributed by atoms with Crippen molar-refractivity contribution in [1.29, 1.82) is 0 Å². The number of halogens is 1. The van der Waals surface area contributed by atoms with E-state index in [0.29, 0.717) is 16.6 Å². The van der Waals surface area contributed by atoms with Gasteiger partial charge >= 0.3 is 0 Å². The molecule has 0 fully saturated rings. The molecule has 0 aliphatic heterocycles. The summed E-state index contributed by atoms with van der Waals surface area (Å²) < 4.78 is 2.57. The number of nitrogens with zero attached hydrogens (tertiary/aromatic N) is 4. The zero-order valence-electron chi connectivity index (χ0n) is 14.1. The number of aryl methyl sites for hydroxylation is 1. The first-order valence-electron chi connectivity index (χ1n) is 7.77. The molecule has 0 saturated carbocycles. The smallest absolute Gasteiger partial charge is 0.284 e. The summed E-state index contributed by atoms with van der Waals surface area (Å²) in [6.45, 7) is 0.321. The highest BCUT2D eigenvalue weighted by molar-refractivity contribution is 9.10. The molecule has 3 rings (SSSR count). The van der Waals surface area contributed by atoms with Gasteiger partial charge in [0.15, 0.2) is 5.16 Å². The molecule has 0 bridgehead atoms. The molecule has 0 aliphatic carbocycles. The lowest BCUT2D eigenvalue weighted by atomic mass is 10.1. The lowest BCUT2D eigenvalue weighted by Gasteiger charge is -2.08. The van der Waals surface area contributed by atoms with Gasteiger partial charge in [-0.15, -0.1) is 10.2 Å². The van der Waals surface area contributed by atoms with Gasteiger partial charge in [0.2, 0.25) is 0 Å². The molecular formula is C17H14BrN5O3S. The van der Waals surface area contributed by atoms with Crippen molar-refractivity contribution in [3.63, 3.8) is 0 Å². The van der Waals surface area contributed by atoms with Crippen molar-refractivity contribution in [2.24, 2.45) is 7.05 Å². The van der Waals surface area contributed by atoms with Crippen LogP contribution in [0.1, 0.15) is 15.9 Å². The number of hydrogen-bond acceptors (Lipinski definition) is 6. The standard InChI is InChI=1S/C17H14BrN5O3S/c1-22-10-20-21-17(22)27-15-6-5-12(8-14(15)23(25)26)16(24)19-9-11-3-2-4-13(18)7-11/h2-8,10H,9H2,1H3,(H,19,24). The molecule has 1 N–H and O–H groups in total. The molecule has 27 heavy (non-hydrogen) atoms. The molecule has 0 unspecified atom stereocenters. The summed E-state index contributed by atoms with van der Waals surface area (Å²) in [7, 11) is 1.75. The predicted octanol–water partition coefficient (Wildman–Crippen LogP) is 3.57. The quantitative estimate of drug-likeness (QED) is 0.457. The summed E-state index contributed by atoms with van der Waals surface area (Å²) in [5.41, 5.74) is 0.985. The second-order valence-corrected chi connectivity index (χ2v) is 7.50. The Bertz CT molecular complexity index is 1010. The van der Waals surface area contributed by atoms with Gasteiger partial charge in [-0.1, -0.05) is 28.1 Å². The van der Waals surface area contributed by atoms with Crippen LogP contribution in [0.3, 0.4) is 0 Å². The number of carbonyl (C=O) groups is 1. The van der Waals surface area contributed by atoms with Crippen molar-refractivity contribution in [3.05, 3.63) is 74.5 Å². The highest BCUT2D eigenvalue weighted by Gasteiger charge is 2.20. The SMILES string of the molecule is Cn1cnnc1Sc1ccc(C(=O)NCc2cccc(Br)c2)cc1[N+](=O)[O-]. The van der Waals surface area contributed by atoms with Gasteiger partial charge < -0.3 is 9.88 Å². The Labute approximate surface area is 167 Å². The van der Waals surface area contributed by atoms with Gasteiger partial charge in [0.1, 0.15) is 6.33 Å². The number of amides is 1. The molecule has 0 aliphatic rings. The van der Waals surface area contributed by atoms with Crippen LogP contribution in [0, 0.1) is 10.1 Å². The van der Waals surface area contributed by atoms with Crippen molar-refractivity contribution in [2.75, 3.05) is 0 Å². The minimum absolute atomic E-state index is 0.155. The minimum Gasteiger partial charge on any atom is -0.348 e. The van der Waals surface area contributed by atoms with Gasteiger partial charge in [-0.3, -0.25) is 14.9 Å². The molecule has 0 spiro atoms. The Morgan fingerprint density at radius 2 is 2.15 bits per heavy atom. The van der Waals surface area contributed by atoms with E-state index in [1.807, 2.05) is 24.3 Å². The first kappa shape index (κ1) is 19.1. The fourth-order valence-corrected chi connectivity index (χ4v) is 3.58. The largest absolute Gasteiger partial charge is 0.348 e. The minimum atomic E-state index is -0.510. The first-order valence-corrected chi connectivity index (χ1v) is 9.38. The molecular weight excluding hydrogens is 434 g/mol. The van der Waals surface area contributed by atoms with E-state index in [-0.39, 0.29) is 17.2 Å². The molecule has 0 saturated heterocycles. The second-order valence-electron chi connectivity index (χ2n) is 5.58. The average molecular weight is 448 g/mol. The fourth-order valence-electron chi connectivity index (χ4n) is 2.28. The number of rotatable bonds is 6. The van der Waals surface area contributed by atoms with E-state index >= 15 is 0 Å². The van der Waals surface area contributed by atoms with Crippen molar-refractivity contribution in [1.82, 2.24) is 20.1 Å². The van der Waals surface area contributed by atoms with Crippen molar-refractivity contribution in [3.8, 4) is 0 Å². The highest BCUT2D eigenvalue weighted by atomic mass is 79.9. The van der Waals surface area contributed by atoms with Crippen molar-refractivity contribution in [2.45, 2.75) is 16.6 Å². The lowest BCUT2D eigenvalue weighted by Crippen LogP contribution is -2.22. The van der Waals surface area contributed by atoms with Gasteiger partial charge in [-0.25, -0.2) is 0 Å². The summed E-state index contributed by atoms with van der Waals surface area (Å²) in [6.07, 6.45) is 1.51. The summed E-state index contributed by atoms with van der Waals surface area (Å²) in [6, 6.07) is 11.9. The van der Waals surface area contributed by atoms with Gasteiger partial charge in [0.05, 0.1) is 9.82 Å². The van der Waals surface area contributed by atoms with Gasteiger partial charge in [-0.05, 0) is 41.6 Å². The Balaban J connectivity index is 1.77. The van der Waals surface area contributed by atoms with Crippen LogP contribution in [0.2, 0.25) is 0 Å². The normalized spacial score (nSPS) is 10.6. The molecule has 8 nitrogen and oxygen atoms in total. The maximum atomic E-state index is 12.4. The Morgan fingerprint density at radius 1 is 1.33 bits per heavy atom. The number of benzene rings is 2. The fraction of sp³-hybridized carbons (Fsp3) is 0.118. The number of hydrogen-bond donors (Lipinski definition) is 1. The summed E-state index contributed by atoms with van der Waals surface area (Å²) >= 11 is 4.49. The van der Waals surface area contributed by atoms with Gasteiger partial charge in [0, 0.05) is 29.7 Å². The third-order valence-corrected chi connectivity index (χ3v) is 5.24. The van der Waals surface area contributed by atoms with Crippen LogP contribution >= 0.6 is 27.7 Å². The summed E-state index contributed by atoms with van der Waals surface area (Å²) in [5, 5.41) is 22.4. The highest BCUT2D eigenvalue weighted by Crippen LogP contribution is 2.34. The average Bonchev–Trinajstić information content (AvgIpc) is 3.04. The monoisotopic (exact) mass is 447 g/mol. The third-order valence-electron chi connectivity index (χ3n) is 3.63. The van der Waals surface area contributed by atoms with Crippen LogP contribution in [0.5, 0.6) is 0 Å². The molecule has 1 amide bonds. The predicted molar refractivity (Wildman–Crippen MR) is 104 cm³/mol. The molecule has 1 heterocycles. The second kappa shape index (κ2) is 8.31. The van der Waals surface area contributed by atoms with Crippen molar-refractivity contribution >= 4 is 39.3 Å². The maximum absolute atomic E-state index is 12.4. The van der Waals surface area contributed by atoms with E-state index < -0.39 is 4.92 Å². The summed E-state index contributed by atoms with van der Waals surface area (Å²) in [4.78, 5) is 23.7. The topological polar surface area (TPSA) is 103 Å². The van der Waals surface area contributed by atoms with Crippen LogP contribution in [0.4, 0.5) is 5.69 Å². The van der Waals surface area contributed by atoms with E-state index in [2.05, 4.69) is 31.4 Å². The number of nitrogens with one attached hydrogen (secondary N) is 1. The molecule has 0 atom stereocenters. The lowest BCUT2D eigenvalue weighted by molar-refractivity contribution is -0.387. The van der Waals surface area contributed by atoms with E-state index in [1.54, 1.807) is 23.7 Å². The molecule has 0 radical (unpaired) electrons. The number of nitro benzene ring substituents is 1.